The minimum absolute atomic E-state index is 0.0826. The van der Waals surface area contributed by atoms with Gasteiger partial charge < -0.3 is 9.64 Å². The van der Waals surface area contributed by atoms with Crippen LogP contribution in [0.25, 0.3) is 0 Å². The molecule has 1 unspecified atom stereocenters. The number of aromatic nitrogens is 3. The van der Waals surface area contributed by atoms with Crippen molar-refractivity contribution >= 4 is 21.7 Å². The maximum atomic E-state index is 12.8. The SMILES string of the molecule is FC(F)(F)c1cnc2c(c1)OCC1c3cc(CBr)nn3CCN21. The zero-order valence-electron chi connectivity index (χ0n) is 11.8. The largest absolute Gasteiger partial charge is 0.487 e. The van der Waals surface area contributed by atoms with Crippen LogP contribution in [0.4, 0.5) is 19.0 Å². The first-order valence-corrected chi connectivity index (χ1v) is 8.19. The van der Waals surface area contributed by atoms with Gasteiger partial charge in [0.2, 0.25) is 0 Å². The summed E-state index contributed by atoms with van der Waals surface area (Å²) in [6.07, 6.45) is -3.56. The Morgan fingerprint density at radius 2 is 2.13 bits per heavy atom. The fourth-order valence-electron chi connectivity index (χ4n) is 3.03. The lowest BCUT2D eigenvalue weighted by atomic mass is 10.1. The Kier molecular flexibility index (Phi) is 3.29. The standard InChI is InChI=1S/C14H12BrF3N4O/c15-5-9-4-10-11-7-23-12-3-8(14(16,17)18)6-19-13(12)21(11)1-2-22(10)20-9/h3-4,6,11H,1-2,5,7H2. The quantitative estimate of drug-likeness (QED) is 0.703. The number of pyridine rings is 1. The van der Waals surface area contributed by atoms with Gasteiger partial charge in [0.05, 0.1) is 23.5 Å². The van der Waals surface area contributed by atoms with Crippen LogP contribution in [0.2, 0.25) is 0 Å². The summed E-state index contributed by atoms with van der Waals surface area (Å²) in [5.74, 6) is 0.645. The highest BCUT2D eigenvalue weighted by atomic mass is 79.9. The molecule has 0 N–H and O–H groups in total. The Morgan fingerprint density at radius 3 is 2.87 bits per heavy atom. The monoisotopic (exact) mass is 388 g/mol. The molecular weight excluding hydrogens is 377 g/mol. The average molecular weight is 389 g/mol. The predicted octanol–water partition coefficient (Wildman–Crippen LogP) is 3.15. The van der Waals surface area contributed by atoms with Crippen LogP contribution in [-0.4, -0.2) is 27.9 Å². The van der Waals surface area contributed by atoms with Crippen LogP contribution in [0.15, 0.2) is 18.3 Å². The smallest absolute Gasteiger partial charge is 0.418 e. The number of alkyl halides is 4. The summed E-state index contributed by atoms with van der Waals surface area (Å²) in [7, 11) is 0. The van der Waals surface area contributed by atoms with Crippen molar-refractivity contribution < 1.29 is 17.9 Å². The number of anilines is 1. The molecule has 2 aromatic rings. The molecule has 23 heavy (non-hydrogen) atoms. The first-order valence-electron chi connectivity index (χ1n) is 7.06. The topological polar surface area (TPSA) is 43.2 Å². The summed E-state index contributed by atoms with van der Waals surface area (Å²) in [5.41, 5.74) is 1.13. The van der Waals surface area contributed by atoms with Gasteiger partial charge >= 0.3 is 6.18 Å². The second-order valence-corrected chi connectivity index (χ2v) is 6.04. The maximum Gasteiger partial charge on any atom is 0.418 e. The highest BCUT2D eigenvalue weighted by molar-refractivity contribution is 9.08. The van der Waals surface area contributed by atoms with Crippen LogP contribution >= 0.6 is 15.9 Å². The molecule has 0 bridgehead atoms. The molecular formula is C14H12BrF3N4O. The average Bonchev–Trinajstić information content (AvgIpc) is 2.96. The Hall–Kier alpha value is -1.77. The summed E-state index contributed by atoms with van der Waals surface area (Å²) in [4.78, 5) is 6.01. The van der Waals surface area contributed by atoms with E-state index in [4.69, 9.17) is 4.74 Å². The lowest BCUT2D eigenvalue weighted by Crippen LogP contribution is -2.44. The molecule has 122 valence electrons. The van der Waals surface area contributed by atoms with Crippen molar-refractivity contribution in [1.82, 2.24) is 14.8 Å². The summed E-state index contributed by atoms with van der Waals surface area (Å²) >= 11 is 3.38. The highest BCUT2D eigenvalue weighted by Crippen LogP contribution is 2.42. The number of rotatable bonds is 1. The number of nitrogens with zero attached hydrogens (tertiary/aromatic N) is 4. The van der Waals surface area contributed by atoms with E-state index in [1.807, 2.05) is 15.6 Å². The van der Waals surface area contributed by atoms with E-state index >= 15 is 0 Å². The molecule has 1 atom stereocenters. The Balaban J connectivity index is 1.72. The first kappa shape index (κ1) is 14.8. The number of halogens is 4. The van der Waals surface area contributed by atoms with E-state index in [0.29, 0.717) is 24.2 Å². The molecule has 4 rings (SSSR count). The van der Waals surface area contributed by atoms with Gasteiger partial charge in [0.15, 0.2) is 11.6 Å². The molecule has 4 heterocycles. The van der Waals surface area contributed by atoms with E-state index in [0.717, 1.165) is 23.7 Å². The molecule has 2 aliphatic heterocycles. The van der Waals surface area contributed by atoms with Crippen LogP contribution in [-0.2, 0) is 18.1 Å². The second-order valence-electron chi connectivity index (χ2n) is 5.48. The van der Waals surface area contributed by atoms with E-state index in [-0.39, 0.29) is 18.4 Å². The Labute approximate surface area is 138 Å². The summed E-state index contributed by atoms with van der Waals surface area (Å²) in [6, 6.07) is 2.93. The third-order valence-corrected chi connectivity index (χ3v) is 4.67. The van der Waals surface area contributed by atoms with Crippen molar-refractivity contribution in [3.8, 4) is 5.75 Å². The third-order valence-electron chi connectivity index (χ3n) is 4.10. The van der Waals surface area contributed by atoms with Gasteiger partial charge in [-0.2, -0.15) is 18.3 Å². The number of ether oxygens (including phenoxy) is 1. The molecule has 0 aromatic carbocycles. The Bertz CT molecular complexity index is 761. The van der Waals surface area contributed by atoms with Crippen molar-refractivity contribution in [3.63, 3.8) is 0 Å². The molecule has 5 nitrogen and oxygen atoms in total. The van der Waals surface area contributed by atoms with E-state index < -0.39 is 11.7 Å². The van der Waals surface area contributed by atoms with Gasteiger partial charge in [0, 0.05) is 18.1 Å². The number of fused-ring (bicyclic) bond motifs is 5. The van der Waals surface area contributed by atoms with Crippen LogP contribution in [0.3, 0.4) is 0 Å². The molecule has 0 saturated heterocycles. The summed E-state index contributed by atoms with van der Waals surface area (Å²) in [5, 5.41) is 5.14. The van der Waals surface area contributed by atoms with Crippen LogP contribution < -0.4 is 9.64 Å². The first-order chi connectivity index (χ1) is 11.0. The second kappa shape index (κ2) is 5.12. The lowest BCUT2D eigenvalue weighted by Gasteiger charge is -2.40. The van der Waals surface area contributed by atoms with Crippen molar-refractivity contribution in [3.05, 3.63) is 35.3 Å². The lowest BCUT2D eigenvalue weighted by molar-refractivity contribution is -0.138. The van der Waals surface area contributed by atoms with Gasteiger partial charge in [-0.25, -0.2) is 4.98 Å². The third kappa shape index (κ3) is 2.37. The number of hydrogen-bond acceptors (Lipinski definition) is 4. The molecule has 0 amide bonds. The zero-order valence-corrected chi connectivity index (χ0v) is 13.4. The van der Waals surface area contributed by atoms with Crippen LogP contribution in [0.1, 0.15) is 23.0 Å². The number of hydrogen-bond donors (Lipinski definition) is 0. The van der Waals surface area contributed by atoms with Gasteiger partial charge in [-0.3, -0.25) is 4.68 Å². The van der Waals surface area contributed by atoms with Gasteiger partial charge in [0.25, 0.3) is 0 Å². The van der Waals surface area contributed by atoms with Gasteiger partial charge in [0.1, 0.15) is 12.6 Å². The molecule has 0 aliphatic carbocycles. The van der Waals surface area contributed by atoms with Crippen molar-refractivity contribution in [2.24, 2.45) is 0 Å². The molecule has 2 aliphatic rings. The molecule has 9 heteroatoms. The molecule has 2 aromatic heterocycles. The molecule has 0 radical (unpaired) electrons. The Morgan fingerprint density at radius 1 is 1.30 bits per heavy atom. The van der Waals surface area contributed by atoms with E-state index in [1.54, 1.807) is 0 Å². The molecule has 0 spiro atoms. The normalized spacial score (nSPS) is 19.7. The summed E-state index contributed by atoms with van der Waals surface area (Å²) < 4.78 is 45.9. The van der Waals surface area contributed by atoms with Gasteiger partial charge in [-0.1, -0.05) is 15.9 Å². The van der Waals surface area contributed by atoms with Gasteiger partial charge in [-0.15, -0.1) is 0 Å². The minimum atomic E-state index is -4.42. The van der Waals surface area contributed by atoms with Gasteiger partial charge in [-0.05, 0) is 12.1 Å². The maximum absolute atomic E-state index is 12.8. The zero-order chi connectivity index (χ0) is 16.2. The predicted molar refractivity (Wildman–Crippen MR) is 79.7 cm³/mol. The van der Waals surface area contributed by atoms with E-state index in [9.17, 15) is 13.2 Å². The van der Waals surface area contributed by atoms with Crippen molar-refractivity contribution in [2.45, 2.75) is 24.1 Å². The summed E-state index contributed by atoms with van der Waals surface area (Å²) in [6.45, 7) is 1.58. The van der Waals surface area contributed by atoms with Crippen molar-refractivity contribution in [1.29, 1.82) is 0 Å². The van der Waals surface area contributed by atoms with Crippen LogP contribution in [0, 0.1) is 0 Å². The fraction of sp³-hybridized carbons (Fsp3) is 0.429. The minimum Gasteiger partial charge on any atom is -0.487 e. The highest BCUT2D eigenvalue weighted by Gasteiger charge is 2.38. The van der Waals surface area contributed by atoms with Crippen LogP contribution in [0.5, 0.6) is 5.75 Å². The molecule has 0 fully saturated rings. The van der Waals surface area contributed by atoms with E-state index in [1.165, 1.54) is 0 Å². The fourth-order valence-corrected chi connectivity index (χ4v) is 3.30. The van der Waals surface area contributed by atoms with Crippen molar-refractivity contribution in [2.75, 3.05) is 18.1 Å². The molecule has 0 saturated carbocycles. The van der Waals surface area contributed by atoms with E-state index in [2.05, 4.69) is 26.0 Å².